The third-order valence-electron chi connectivity index (χ3n) is 6.39. The van der Waals surface area contributed by atoms with Gasteiger partial charge in [0.25, 0.3) is 0 Å². The molecule has 11 heteroatoms. The summed E-state index contributed by atoms with van der Waals surface area (Å²) in [6, 6.07) is 3.34. The van der Waals surface area contributed by atoms with Crippen LogP contribution in [0.15, 0.2) is 30.6 Å². The molecule has 0 atom stereocenters. The van der Waals surface area contributed by atoms with Crippen LogP contribution in [0.2, 0.25) is 0 Å². The van der Waals surface area contributed by atoms with Gasteiger partial charge in [-0.25, -0.2) is 18.7 Å². The Morgan fingerprint density at radius 1 is 1.11 bits per heavy atom. The number of aromatic nitrogens is 4. The normalized spacial score (nSPS) is 16.2. The fraction of sp³-hybridized carbons (Fsp3) is 0.417. The Hall–Kier alpha value is -3.76. The number of carbonyl (C=O) groups is 1. The Bertz CT molecular complexity index is 1240. The first kappa shape index (κ1) is 23.0. The van der Waals surface area contributed by atoms with Gasteiger partial charge in [0, 0.05) is 57.5 Å². The van der Waals surface area contributed by atoms with E-state index >= 15 is 0 Å². The lowest BCUT2D eigenvalue weighted by Gasteiger charge is -2.35. The Balaban J connectivity index is 1.39. The van der Waals surface area contributed by atoms with Gasteiger partial charge in [0.15, 0.2) is 17.4 Å². The van der Waals surface area contributed by atoms with Crippen molar-refractivity contribution in [3.63, 3.8) is 0 Å². The van der Waals surface area contributed by atoms with Crippen LogP contribution in [-0.2, 0) is 17.8 Å². The number of nitrogens with zero attached hydrogens (tertiary/aromatic N) is 6. The van der Waals surface area contributed by atoms with Crippen LogP contribution in [0.3, 0.4) is 0 Å². The number of rotatable bonds is 5. The minimum Gasteiger partial charge on any atom is -0.487 e. The molecular formula is C24H26F2N6O3. The fourth-order valence-corrected chi connectivity index (χ4v) is 4.47. The van der Waals surface area contributed by atoms with Gasteiger partial charge in [-0.2, -0.15) is 0 Å². The number of fused-ring (bicyclic) bond motifs is 1. The van der Waals surface area contributed by atoms with E-state index in [1.54, 1.807) is 24.2 Å². The Morgan fingerprint density at radius 2 is 1.91 bits per heavy atom. The number of hydrogen-bond acceptors (Lipinski definition) is 7. The summed E-state index contributed by atoms with van der Waals surface area (Å²) < 4.78 is 33.0. The van der Waals surface area contributed by atoms with Gasteiger partial charge in [0.05, 0.1) is 30.3 Å². The average Bonchev–Trinajstić information content (AvgIpc) is 3.34. The van der Waals surface area contributed by atoms with Crippen molar-refractivity contribution in [3.05, 3.63) is 53.6 Å². The molecule has 0 saturated carbocycles. The summed E-state index contributed by atoms with van der Waals surface area (Å²) in [7, 11) is 1.52. The highest BCUT2D eigenvalue weighted by molar-refractivity contribution is 5.74. The van der Waals surface area contributed by atoms with E-state index in [1.807, 2.05) is 0 Å². The summed E-state index contributed by atoms with van der Waals surface area (Å²) in [6.45, 7) is 3.84. The summed E-state index contributed by atoms with van der Waals surface area (Å²) in [6.07, 6.45) is 5.13. The van der Waals surface area contributed by atoms with Gasteiger partial charge in [-0.15, -0.1) is 9.94 Å². The second kappa shape index (κ2) is 9.47. The van der Waals surface area contributed by atoms with Gasteiger partial charge < -0.3 is 19.4 Å². The quantitative estimate of drug-likeness (QED) is 0.550. The SMILES string of the molecule is COn1cc(-c2nc3c(nc2N2CCC(Oc4ccc(F)cc4F)CC2)CCN(C(C)=O)C3)cn1. The summed E-state index contributed by atoms with van der Waals surface area (Å²) in [5, 5.41) is 4.19. The number of piperidine rings is 1. The van der Waals surface area contributed by atoms with E-state index in [0.717, 1.165) is 28.8 Å². The molecule has 2 aromatic heterocycles. The number of amides is 1. The molecule has 0 aliphatic carbocycles. The van der Waals surface area contributed by atoms with Crippen LogP contribution < -0.4 is 14.5 Å². The van der Waals surface area contributed by atoms with Crippen LogP contribution in [-0.4, -0.2) is 63.6 Å². The molecule has 184 valence electrons. The highest BCUT2D eigenvalue weighted by Gasteiger charge is 2.29. The Kier molecular flexibility index (Phi) is 6.23. The molecule has 0 bridgehead atoms. The van der Waals surface area contributed by atoms with Crippen molar-refractivity contribution in [2.75, 3.05) is 31.6 Å². The molecule has 1 aromatic carbocycles. The lowest BCUT2D eigenvalue weighted by Crippen LogP contribution is -2.40. The van der Waals surface area contributed by atoms with Crippen molar-refractivity contribution >= 4 is 11.7 Å². The predicted molar refractivity (Wildman–Crippen MR) is 123 cm³/mol. The van der Waals surface area contributed by atoms with E-state index in [-0.39, 0.29) is 17.8 Å². The molecule has 35 heavy (non-hydrogen) atoms. The molecule has 2 aliphatic rings. The van der Waals surface area contributed by atoms with Crippen molar-refractivity contribution in [2.24, 2.45) is 0 Å². The maximum Gasteiger partial charge on any atom is 0.219 e. The minimum atomic E-state index is -0.704. The second-order valence-corrected chi connectivity index (χ2v) is 8.67. The van der Waals surface area contributed by atoms with Crippen LogP contribution in [0.1, 0.15) is 31.2 Å². The first-order valence-electron chi connectivity index (χ1n) is 11.5. The highest BCUT2D eigenvalue weighted by Crippen LogP contribution is 2.33. The molecule has 2 aliphatic heterocycles. The van der Waals surface area contributed by atoms with Crippen LogP contribution in [0.5, 0.6) is 5.75 Å². The van der Waals surface area contributed by atoms with Crippen molar-refractivity contribution < 1.29 is 23.1 Å². The van der Waals surface area contributed by atoms with Crippen molar-refractivity contribution in [3.8, 4) is 17.0 Å². The minimum absolute atomic E-state index is 0.00921. The van der Waals surface area contributed by atoms with Crippen LogP contribution in [0, 0.1) is 11.6 Å². The number of hydrogen-bond donors (Lipinski definition) is 0. The van der Waals surface area contributed by atoms with E-state index in [4.69, 9.17) is 19.5 Å². The average molecular weight is 485 g/mol. The molecule has 1 fully saturated rings. The third-order valence-corrected chi connectivity index (χ3v) is 6.39. The van der Waals surface area contributed by atoms with Crippen LogP contribution >= 0.6 is 0 Å². The zero-order valence-corrected chi connectivity index (χ0v) is 19.6. The zero-order valence-electron chi connectivity index (χ0n) is 19.6. The van der Waals surface area contributed by atoms with Crippen molar-refractivity contribution in [1.29, 1.82) is 0 Å². The standard InChI is InChI=1S/C24H26F2N6O3/c1-15(33)31-10-7-20-21(14-31)28-23(16-12-27-32(13-16)34-2)24(29-20)30-8-5-18(6-9-30)35-22-4-3-17(25)11-19(22)26/h3-4,11-13,18H,5-10,14H2,1-2H3. The number of benzene rings is 1. The first-order chi connectivity index (χ1) is 16.9. The molecule has 1 amide bonds. The fourth-order valence-electron chi connectivity index (χ4n) is 4.47. The van der Waals surface area contributed by atoms with E-state index in [2.05, 4.69) is 10.00 Å². The maximum atomic E-state index is 14.0. The Morgan fingerprint density at radius 3 is 2.60 bits per heavy atom. The van der Waals surface area contributed by atoms with Crippen LogP contribution in [0.25, 0.3) is 11.3 Å². The van der Waals surface area contributed by atoms with E-state index in [1.165, 1.54) is 24.1 Å². The molecule has 0 radical (unpaired) electrons. The smallest absolute Gasteiger partial charge is 0.219 e. The molecule has 0 spiro atoms. The maximum absolute atomic E-state index is 14.0. The van der Waals surface area contributed by atoms with E-state index < -0.39 is 11.6 Å². The van der Waals surface area contributed by atoms with Gasteiger partial charge in [0.1, 0.15) is 24.7 Å². The second-order valence-electron chi connectivity index (χ2n) is 8.67. The summed E-state index contributed by atoms with van der Waals surface area (Å²) >= 11 is 0. The molecular weight excluding hydrogens is 458 g/mol. The zero-order chi connectivity index (χ0) is 24.5. The molecule has 3 aromatic rings. The molecule has 0 N–H and O–H groups in total. The lowest BCUT2D eigenvalue weighted by molar-refractivity contribution is -0.129. The predicted octanol–water partition coefficient (Wildman–Crippen LogP) is 2.63. The molecule has 5 rings (SSSR count). The van der Waals surface area contributed by atoms with E-state index in [0.29, 0.717) is 51.1 Å². The van der Waals surface area contributed by atoms with Gasteiger partial charge in [-0.3, -0.25) is 4.79 Å². The topological polar surface area (TPSA) is 85.6 Å². The van der Waals surface area contributed by atoms with Crippen molar-refractivity contribution in [2.45, 2.75) is 38.8 Å². The molecule has 4 heterocycles. The third kappa shape index (κ3) is 4.75. The number of carbonyl (C=O) groups excluding carboxylic acids is 1. The largest absolute Gasteiger partial charge is 0.487 e. The summed E-state index contributed by atoms with van der Waals surface area (Å²) in [5.41, 5.74) is 3.08. The number of anilines is 1. The highest BCUT2D eigenvalue weighted by atomic mass is 19.1. The van der Waals surface area contributed by atoms with Gasteiger partial charge >= 0.3 is 0 Å². The van der Waals surface area contributed by atoms with Crippen LogP contribution in [0.4, 0.5) is 14.6 Å². The summed E-state index contributed by atoms with van der Waals surface area (Å²) in [5.74, 6) is -0.533. The van der Waals surface area contributed by atoms with Gasteiger partial charge in [0.2, 0.25) is 5.91 Å². The lowest BCUT2D eigenvalue weighted by atomic mass is 10.1. The molecule has 9 nitrogen and oxygen atoms in total. The molecule has 1 saturated heterocycles. The number of ether oxygens (including phenoxy) is 1. The molecule has 0 unspecified atom stereocenters. The monoisotopic (exact) mass is 484 g/mol. The number of halogens is 2. The summed E-state index contributed by atoms with van der Waals surface area (Å²) in [4.78, 5) is 32.2. The van der Waals surface area contributed by atoms with Crippen molar-refractivity contribution in [1.82, 2.24) is 24.8 Å². The van der Waals surface area contributed by atoms with Gasteiger partial charge in [-0.05, 0) is 12.1 Å². The van der Waals surface area contributed by atoms with E-state index in [9.17, 15) is 13.6 Å². The Labute approximate surface area is 201 Å². The first-order valence-corrected chi connectivity index (χ1v) is 11.5. The van der Waals surface area contributed by atoms with Gasteiger partial charge in [-0.1, -0.05) is 0 Å².